The molecule has 0 aliphatic heterocycles. The van der Waals surface area contributed by atoms with Gasteiger partial charge in [0.15, 0.2) is 23.2 Å². The highest BCUT2D eigenvalue weighted by atomic mass is 19.2. The summed E-state index contributed by atoms with van der Waals surface area (Å²) >= 11 is 0. The largest absolute Gasteiger partial charge is 0.491 e. The van der Waals surface area contributed by atoms with Gasteiger partial charge in [-0.05, 0) is 98.9 Å². The summed E-state index contributed by atoms with van der Waals surface area (Å²) in [7, 11) is 0. The van der Waals surface area contributed by atoms with E-state index < -0.39 is 23.3 Å². The van der Waals surface area contributed by atoms with Gasteiger partial charge in [-0.25, -0.2) is 13.2 Å². The van der Waals surface area contributed by atoms with Gasteiger partial charge in [0.1, 0.15) is 0 Å². The minimum atomic E-state index is -1.25. The Balaban J connectivity index is 1.32. The van der Waals surface area contributed by atoms with Crippen LogP contribution in [0.25, 0.3) is 11.1 Å². The number of benzene rings is 3. The average molecular weight is 537 g/mol. The topological polar surface area (TPSA) is 9.23 Å². The minimum absolute atomic E-state index is 0.0975. The van der Waals surface area contributed by atoms with E-state index in [1.165, 1.54) is 35.4 Å². The second kappa shape index (κ2) is 13.6. The van der Waals surface area contributed by atoms with Gasteiger partial charge in [0.25, 0.3) is 0 Å². The monoisotopic (exact) mass is 536 g/mol. The first-order chi connectivity index (χ1) is 18.9. The van der Waals surface area contributed by atoms with E-state index in [0.717, 1.165) is 51.4 Å². The average Bonchev–Trinajstić information content (AvgIpc) is 2.95. The summed E-state index contributed by atoms with van der Waals surface area (Å²) in [6.07, 6.45) is 13.7. The predicted molar refractivity (Wildman–Crippen MR) is 150 cm³/mol. The van der Waals surface area contributed by atoms with Crippen LogP contribution in [-0.2, 0) is 12.8 Å². The molecule has 0 spiro atoms. The van der Waals surface area contributed by atoms with Crippen molar-refractivity contribution < 1.29 is 22.3 Å². The molecule has 0 aromatic heterocycles. The Morgan fingerprint density at radius 2 is 1.33 bits per heavy atom. The first kappa shape index (κ1) is 28.7. The fraction of sp³-hybridized carbons (Fsp3) is 0.353. The van der Waals surface area contributed by atoms with Crippen molar-refractivity contribution in [2.45, 2.75) is 64.2 Å². The maximum absolute atomic E-state index is 15.1. The van der Waals surface area contributed by atoms with Crippen LogP contribution < -0.4 is 4.74 Å². The Morgan fingerprint density at radius 1 is 0.744 bits per heavy atom. The predicted octanol–water partition coefficient (Wildman–Crippen LogP) is 9.89. The molecule has 0 bridgehead atoms. The van der Waals surface area contributed by atoms with Gasteiger partial charge in [0.05, 0.1) is 6.61 Å². The molecule has 0 unspecified atom stereocenters. The quantitative estimate of drug-likeness (QED) is 0.175. The number of allylic oxidation sites excluding steroid dienone is 3. The third-order valence-electron chi connectivity index (χ3n) is 7.63. The van der Waals surface area contributed by atoms with Gasteiger partial charge in [-0.3, -0.25) is 0 Å². The molecule has 1 aliphatic rings. The maximum atomic E-state index is 15.1. The van der Waals surface area contributed by atoms with Crippen LogP contribution in [0.3, 0.4) is 0 Å². The maximum Gasteiger partial charge on any atom is 0.201 e. The van der Waals surface area contributed by atoms with Crippen LogP contribution in [0.5, 0.6) is 5.75 Å². The SMILES string of the molecule is C=CCCc1ccc(CC/C=C/C2CCC(c3ccc(-c4ccc(OCC)c(F)c4F)c(F)c3F)CC2)cc1. The fourth-order valence-electron chi connectivity index (χ4n) is 5.40. The molecule has 0 radical (unpaired) electrons. The van der Waals surface area contributed by atoms with Crippen molar-refractivity contribution in [1.82, 2.24) is 0 Å². The van der Waals surface area contributed by atoms with Crippen molar-refractivity contribution in [2.75, 3.05) is 6.61 Å². The van der Waals surface area contributed by atoms with Crippen LogP contribution in [0.1, 0.15) is 68.1 Å². The van der Waals surface area contributed by atoms with Gasteiger partial charge in [0.2, 0.25) is 5.82 Å². The van der Waals surface area contributed by atoms with E-state index in [9.17, 15) is 8.78 Å². The fourth-order valence-corrected chi connectivity index (χ4v) is 5.40. The summed E-state index contributed by atoms with van der Waals surface area (Å²) in [6, 6.07) is 14.1. The minimum Gasteiger partial charge on any atom is -0.491 e. The Labute approximate surface area is 229 Å². The summed E-state index contributed by atoms with van der Waals surface area (Å²) in [6.45, 7) is 5.58. The third kappa shape index (κ3) is 7.00. The van der Waals surface area contributed by atoms with Gasteiger partial charge in [-0.1, -0.05) is 54.6 Å². The lowest BCUT2D eigenvalue weighted by Gasteiger charge is -2.27. The molecule has 0 saturated heterocycles. The molecule has 1 aliphatic carbocycles. The number of hydrogen-bond donors (Lipinski definition) is 0. The zero-order valence-corrected chi connectivity index (χ0v) is 22.5. The summed E-state index contributed by atoms with van der Waals surface area (Å²) in [4.78, 5) is 0. The highest BCUT2D eigenvalue weighted by Gasteiger charge is 2.27. The van der Waals surface area contributed by atoms with E-state index in [2.05, 4.69) is 43.0 Å². The van der Waals surface area contributed by atoms with E-state index in [1.807, 2.05) is 6.08 Å². The van der Waals surface area contributed by atoms with E-state index in [0.29, 0.717) is 11.5 Å². The Hall–Kier alpha value is -3.34. The van der Waals surface area contributed by atoms with Crippen molar-refractivity contribution in [3.63, 3.8) is 0 Å². The molecule has 1 fully saturated rings. The molecule has 0 amide bonds. The van der Waals surface area contributed by atoms with Crippen LogP contribution in [0.2, 0.25) is 0 Å². The molecule has 206 valence electrons. The van der Waals surface area contributed by atoms with Crippen molar-refractivity contribution in [3.8, 4) is 16.9 Å². The molecule has 1 nitrogen and oxygen atoms in total. The first-order valence-electron chi connectivity index (χ1n) is 13.9. The zero-order valence-electron chi connectivity index (χ0n) is 22.5. The van der Waals surface area contributed by atoms with Crippen LogP contribution in [0, 0.1) is 29.2 Å². The zero-order chi connectivity index (χ0) is 27.8. The lowest BCUT2D eigenvalue weighted by molar-refractivity contribution is 0.314. The van der Waals surface area contributed by atoms with E-state index in [-0.39, 0.29) is 29.4 Å². The molecule has 3 aromatic carbocycles. The molecule has 3 aromatic rings. The normalized spacial score (nSPS) is 17.5. The van der Waals surface area contributed by atoms with Crippen LogP contribution >= 0.6 is 0 Å². The highest BCUT2D eigenvalue weighted by molar-refractivity contribution is 5.66. The number of ether oxygens (including phenoxy) is 1. The summed E-state index contributed by atoms with van der Waals surface area (Å²) in [5, 5.41) is 0. The smallest absolute Gasteiger partial charge is 0.201 e. The molecular formula is C34H36F4O. The van der Waals surface area contributed by atoms with E-state index >= 15 is 8.78 Å². The molecule has 0 N–H and O–H groups in total. The number of hydrogen-bond acceptors (Lipinski definition) is 1. The second-order valence-corrected chi connectivity index (χ2v) is 10.2. The van der Waals surface area contributed by atoms with Gasteiger partial charge in [-0.15, -0.1) is 6.58 Å². The third-order valence-corrected chi connectivity index (χ3v) is 7.63. The Kier molecular flexibility index (Phi) is 10.0. The number of rotatable bonds is 11. The molecular weight excluding hydrogens is 500 g/mol. The van der Waals surface area contributed by atoms with Gasteiger partial charge in [-0.2, -0.15) is 4.39 Å². The molecule has 1 saturated carbocycles. The van der Waals surface area contributed by atoms with Gasteiger partial charge < -0.3 is 4.74 Å². The van der Waals surface area contributed by atoms with Crippen molar-refractivity contribution >= 4 is 0 Å². The number of aryl methyl sites for hydroxylation is 2. The highest BCUT2D eigenvalue weighted by Crippen LogP contribution is 2.40. The van der Waals surface area contributed by atoms with Crippen molar-refractivity contribution in [3.05, 3.63) is 113 Å². The summed E-state index contributed by atoms with van der Waals surface area (Å²) in [5.74, 6) is -4.51. The molecule has 39 heavy (non-hydrogen) atoms. The van der Waals surface area contributed by atoms with Crippen molar-refractivity contribution in [2.24, 2.45) is 5.92 Å². The Bertz CT molecular complexity index is 1290. The summed E-state index contributed by atoms with van der Waals surface area (Å²) in [5.41, 5.74) is 2.34. The molecule has 5 heteroatoms. The van der Waals surface area contributed by atoms with Crippen LogP contribution in [-0.4, -0.2) is 6.61 Å². The van der Waals surface area contributed by atoms with E-state index in [1.54, 1.807) is 6.92 Å². The lowest BCUT2D eigenvalue weighted by Crippen LogP contribution is -2.14. The molecule has 0 heterocycles. The molecule has 0 atom stereocenters. The van der Waals surface area contributed by atoms with Gasteiger partial charge in [0, 0.05) is 11.1 Å². The number of halogens is 4. The Morgan fingerprint density at radius 3 is 1.95 bits per heavy atom. The summed E-state index contributed by atoms with van der Waals surface area (Å²) < 4.78 is 64.1. The van der Waals surface area contributed by atoms with Gasteiger partial charge >= 0.3 is 0 Å². The lowest BCUT2D eigenvalue weighted by atomic mass is 9.78. The van der Waals surface area contributed by atoms with E-state index in [4.69, 9.17) is 4.74 Å². The van der Waals surface area contributed by atoms with Crippen molar-refractivity contribution in [1.29, 1.82) is 0 Å². The molecule has 4 rings (SSSR count). The van der Waals surface area contributed by atoms with Crippen LogP contribution in [0.4, 0.5) is 17.6 Å². The second-order valence-electron chi connectivity index (χ2n) is 10.2. The standard InChI is InChI=1S/C34H36F4O/c1-3-5-8-23-11-13-24(14-12-23)9-6-7-10-25-15-17-26(18-16-25)27-19-20-28(32(36)31(27)35)29-21-22-30(39-4-2)34(38)33(29)37/h3,7,10-14,19-22,25-26H,1,4-6,8-9,15-18H2,2H3/b10-7+. The van der Waals surface area contributed by atoms with Crippen LogP contribution in [0.15, 0.2) is 73.3 Å². The first-order valence-corrected chi connectivity index (χ1v) is 13.9.